The van der Waals surface area contributed by atoms with Crippen molar-refractivity contribution in [2.75, 3.05) is 11.9 Å². The van der Waals surface area contributed by atoms with Gasteiger partial charge in [0.1, 0.15) is 0 Å². The number of carbonyl (C=O) groups is 1. The van der Waals surface area contributed by atoms with Crippen LogP contribution in [0.2, 0.25) is 0 Å². The van der Waals surface area contributed by atoms with Crippen molar-refractivity contribution in [3.8, 4) is 11.8 Å². The molecule has 3 atom stereocenters. The summed E-state index contributed by atoms with van der Waals surface area (Å²) in [5, 5.41) is 4.37. The summed E-state index contributed by atoms with van der Waals surface area (Å²) >= 11 is 0. The van der Waals surface area contributed by atoms with Crippen LogP contribution in [0.3, 0.4) is 0 Å². The predicted octanol–water partition coefficient (Wildman–Crippen LogP) is 4.60. The van der Waals surface area contributed by atoms with Crippen molar-refractivity contribution in [3.05, 3.63) is 65.7 Å². The van der Waals surface area contributed by atoms with Gasteiger partial charge in [-0.3, -0.25) is 4.84 Å². The molecule has 0 spiro atoms. The summed E-state index contributed by atoms with van der Waals surface area (Å²) in [7, 11) is 0. The van der Waals surface area contributed by atoms with Crippen LogP contribution in [-0.4, -0.2) is 17.7 Å². The highest BCUT2D eigenvalue weighted by Gasteiger charge is 2.32. The third-order valence-electron chi connectivity index (χ3n) is 4.91. The van der Waals surface area contributed by atoms with Crippen LogP contribution in [0.15, 0.2) is 54.6 Å². The van der Waals surface area contributed by atoms with Gasteiger partial charge < -0.3 is 5.32 Å². The van der Waals surface area contributed by atoms with Crippen LogP contribution in [0.5, 0.6) is 0 Å². The van der Waals surface area contributed by atoms with Gasteiger partial charge in [-0.05, 0) is 36.1 Å². The number of nitrogens with one attached hydrogen (secondary N) is 1. The van der Waals surface area contributed by atoms with Crippen LogP contribution in [-0.2, 0) is 4.84 Å². The lowest BCUT2D eigenvalue weighted by Gasteiger charge is -2.23. The molecule has 1 unspecified atom stereocenters. The first-order valence-corrected chi connectivity index (χ1v) is 9.10. The molecule has 2 aliphatic rings. The van der Waals surface area contributed by atoms with E-state index in [4.69, 9.17) is 4.84 Å². The van der Waals surface area contributed by atoms with Gasteiger partial charge in [-0.1, -0.05) is 55.2 Å². The Balaban J connectivity index is 1.45. The monoisotopic (exact) mass is 346 g/mol. The van der Waals surface area contributed by atoms with Gasteiger partial charge in [0.15, 0.2) is 0 Å². The average molecular weight is 346 g/mol. The van der Waals surface area contributed by atoms with Crippen molar-refractivity contribution in [1.29, 1.82) is 0 Å². The number of hydroxylamine groups is 2. The first-order valence-electron chi connectivity index (χ1n) is 9.10. The Morgan fingerprint density at radius 2 is 2.00 bits per heavy atom. The second-order valence-electron chi connectivity index (χ2n) is 6.97. The van der Waals surface area contributed by atoms with E-state index in [0.717, 1.165) is 23.2 Å². The minimum Gasteiger partial charge on any atom is -0.306 e. The van der Waals surface area contributed by atoms with E-state index < -0.39 is 0 Å². The van der Waals surface area contributed by atoms with Crippen LogP contribution in [0.1, 0.15) is 36.9 Å². The lowest BCUT2D eigenvalue weighted by Crippen LogP contribution is -2.33. The molecule has 0 radical (unpaired) electrons. The number of urea groups is 1. The van der Waals surface area contributed by atoms with E-state index in [1.165, 1.54) is 11.5 Å². The quantitative estimate of drug-likeness (QED) is 0.807. The Morgan fingerprint density at radius 1 is 1.19 bits per heavy atom. The van der Waals surface area contributed by atoms with Gasteiger partial charge in [-0.15, -0.1) is 0 Å². The Labute approximate surface area is 154 Å². The van der Waals surface area contributed by atoms with E-state index in [2.05, 4.69) is 24.1 Å². The summed E-state index contributed by atoms with van der Waals surface area (Å²) in [5.41, 5.74) is 2.73. The van der Waals surface area contributed by atoms with Crippen molar-refractivity contribution >= 4 is 11.7 Å². The highest BCUT2D eigenvalue weighted by Crippen LogP contribution is 2.36. The molecule has 4 rings (SSSR count). The van der Waals surface area contributed by atoms with E-state index in [1.807, 2.05) is 54.6 Å². The molecule has 26 heavy (non-hydrogen) atoms. The number of nitrogens with zero attached hydrogens (tertiary/aromatic N) is 1. The largest absolute Gasteiger partial charge is 0.346 e. The number of carbonyl (C=O) groups excluding carboxylic acids is 1. The maximum atomic E-state index is 12.7. The Morgan fingerprint density at radius 3 is 2.77 bits per heavy atom. The third kappa shape index (κ3) is 3.74. The van der Waals surface area contributed by atoms with Gasteiger partial charge in [0.2, 0.25) is 0 Å². The minimum atomic E-state index is -0.253. The zero-order valence-corrected chi connectivity index (χ0v) is 14.8. The number of benzene rings is 2. The van der Waals surface area contributed by atoms with Crippen LogP contribution in [0.25, 0.3) is 0 Å². The Kier molecular flexibility index (Phi) is 4.64. The topological polar surface area (TPSA) is 41.6 Å². The molecule has 0 aromatic heterocycles. The summed E-state index contributed by atoms with van der Waals surface area (Å²) in [6, 6.07) is 17.3. The van der Waals surface area contributed by atoms with Gasteiger partial charge in [0.05, 0.1) is 12.6 Å². The van der Waals surface area contributed by atoms with Crippen molar-refractivity contribution < 1.29 is 9.63 Å². The van der Waals surface area contributed by atoms with E-state index in [1.54, 1.807) is 0 Å². The molecule has 2 fully saturated rings. The summed E-state index contributed by atoms with van der Waals surface area (Å²) in [5.74, 6) is 7.74. The van der Waals surface area contributed by atoms with Gasteiger partial charge in [0, 0.05) is 23.6 Å². The number of hydrogen-bond donors (Lipinski definition) is 1. The van der Waals surface area contributed by atoms with Crippen molar-refractivity contribution in [2.24, 2.45) is 11.8 Å². The van der Waals surface area contributed by atoms with Gasteiger partial charge >= 0.3 is 6.03 Å². The van der Waals surface area contributed by atoms with Crippen molar-refractivity contribution in [2.45, 2.75) is 25.8 Å². The molecule has 2 aromatic carbocycles. The first kappa shape index (κ1) is 16.7. The smallest absolute Gasteiger partial charge is 0.306 e. The fourth-order valence-corrected chi connectivity index (χ4v) is 3.20. The van der Waals surface area contributed by atoms with E-state index in [-0.39, 0.29) is 12.1 Å². The highest BCUT2D eigenvalue weighted by molar-refractivity contribution is 5.89. The number of hydrogen-bond acceptors (Lipinski definition) is 2. The number of amides is 2. The maximum absolute atomic E-state index is 12.7. The lowest BCUT2D eigenvalue weighted by atomic mass is 10.1. The lowest BCUT2D eigenvalue weighted by molar-refractivity contribution is -0.0829. The summed E-state index contributed by atoms with van der Waals surface area (Å²) in [4.78, 5) is 18.3. The molecule has 1 saturated carbocycles. The molecule has 1 saturated heterocycles. The fraction of sp³-hybridized carbons (Fsp3) is 0.318. The molecule has 1 N–H and O–H groups in total. The van der Waals surface area contributed by atoms with Crippen LogP contribution in [0.4, 0.5) is 10.5 Å². The molecular weight excluding hydrogens is 324 g/mol. The first-order chi connectivity index (χ1) is 12.7. The molecule has 2 amide bonds. The van der Waals surface area contributed by atoms with Crippen LogP contribution >= 0.6 is 0 Å². The molecular formula is C22H22N2O2. The highest BCUT2D eigenvalue weighted by atomic mass is 16.7. The van der Waals surface area contributed by atoms with Crippen molar-refractivity contribution in [3.63, 3.8) is 0 Å². The van der Waals surface area contributed by atoms with Gasteiger partial charge in [0.25, 0.3) is 0 Å². The second-order valence-corrected chi connectivity index (χ2v) is 6.97. The average Bonchev–Trinajstić information content (AvgIpc) is 3.16. The second kappa shape index (κ2) is 7.23. The molecule has 2 aromatic rings. The molecule has 1 aliphatic carbocycles. The normalized spacial score (nSPS) is 23.9. The van der Waals surface area contributed by atoms with E-state index in [0.29, 0.717) is 18.4 Å². The number of rotatable bonds is 2. The minimum absolute atomic E-state index is 0.0597. The molecule has 0 bridgehead atoms. The maximum Gasteiger partial charge on any atom is 0.346 e. The predicted molar refractivity (Wildman–Crippen MR) is 101 cm³/mol. The van der Waals surface area contributed by atoms with E-state index >= 15 is 0 Å². The third-order valence-corrected chi connectivity index (χ3v) is 4.91. The molecule has 4 heteroatoms. The summed E-state index contributed by atoms with van der Waals surface area (Å²) in [6.45, 7) is 2.76. The molecule has 1 aliphatic heterocycles. The fourth-order valence-electron chi connectivity index (χ4n) is 3.20. The van der Waals surface area contributed by atoms with Gasteiger partial charge in [-0.2, -0.15) is 5.06 Å². The van der Waals surface area contributed by atoms with Crippen molar-refractivity contribution in [1.82, 2.24) is 5.06 Å². The SMILES string of the molecule is CC1C[C@H]1C#Cc1cccc(NC(=O)N2OCC[C@H]2c2ccccc2)c1. The summed E-state index contributed by atoms with van der Waals surface area (Å²) < 4.78 is 0. The summed E-state index contributed by atoms with van der Waals surface area (Å²) in [6.07, 6.45) is 1.99. The van der Waals surface area contributed by atoms with Gasteiger partial charge in [-0.25, -0.2) is 4.79 Å². The van der Waals surface area contributed by atoms with Crippen LogP contribution < -0.4 is 5.32 Å². The Hall–Kier alpha value is -2.77. The molecule has 1 heterocycles. The van der Waals surface area contributed by atoms with E-state index in [9.17, 15) is 4.79 Å². The zero-order valence-electron chi connectivity index (χ0n) is 14.8. The Bertz CT molecular complexity index is 853. The standard InChI is InChI=1S/C22H22N2O2/c1-16-14-19(16)11-10-17-6-5-9-20(15-17)23-22(25)24-21(12-13-26-24)18-7-3-2-4-8-18/h2-9,15-16,19,21H,12-14H2,1H3,(H,23,25)/t16?,19-,21+/m1/s1. The molecule has 4 nitrogen and oxygen atoms in total. The van der Waals surface area contributed by atoms with Crippen LogP contribution in [0, 0.1) is 23.7 Å². The number of anilines is 1. The zero-order chi connectivity index (χ0) is 17.9. The molecule has 132 valence electrons.